The number of ether oxygens (including phenoxy) is 3. The molecule has 0 spiro atoms. The van der Waals surface area contributed by atoms with E-state index in [1.54, 1.807) is 60.7 Å². The first-order chi connectivity index (χ1) is 14.1. The van der Waals surface area contributed by atoms with Crippen molar-refractivity contribution in [3.63, 3.8) is 0 Å². The van der Waals surface area contributed by atoms with E-state index >= 15 is 0 Å². The standard InChI is InChI=1S/C18H18O5.2C3H6/c19-17(15-7-3-1-4-8-15)22-13-11-21-12-14-23-18(20)16-9-5-2-6-10-16;2*1-3-2/h1-10H,11-14H2;2*3H,1H2,2H3. The molecular weight excluding hydrogens is 368 g/mol. The van der Waals surface area contributed by atoms with Crippen LogP contribution in [0.4, 0.5) is 0 Å². The first-order valence-electron chi connectivity index (χ1n) is 9.26. The Morgan fingerprint density at radius 2 is 1.00 bits per heavy atom. The Morgan fingerprint density at radius 1 is 0.690 bits per heavy atom. The number of carbonyl (C=O) groups excluding carboxylic acids is 2. The van der Waals surface area contributed by atoms with Gasteiger partial charge in [0, 0.05) is 0 Å². The van der Waals surface area contributed by atoms with E-state index in [0.717, 1.165) is 0 Å². The summed E-state index contributed by atoms with van der Waals surface area (Å²) in [7, 11) is 0. The van der Waals surface area contributed by atoms with Crippen LogP contribution in [-0.4, -0.2) is 38.4 Å². The van der Waals surface area contributed by atoms with E-state index < -0.39 is 0 Å². The van der Waals surface area contributed by atoms with Gasteiger partial charge in [-0.2, -0.15) is 0 Å². The number of esters is 2. The number of benzene rings is 2. The van der Waals surface area contributed by atoms with Crippen molar-refractivity contribution in [2.24, 2.45) is 0 Å². The smallest absolute Gasteiger partial charge is 0.338 e. The lowest BCUT2D eigenvalue weighted by molar-refractivity contribution is 0.0151. The van der Waals surface area contributed by atoms with Gasteiger partial charge in [-0.25, -0.2) is 9.59 Å². The molecule has 2 rings (SSSR count). The zero-order valence-corrected chi connectivity index (χ0v) is 17.2. The summed E-state index contributed by atoms with van der Waals surface area (Å²) in [6.07, 6.45) is 3.50. The van der Waals surface area contributed by atoms with Crippen LogP contribution in [0.5, 0.6) is 0 Å². The predicted molar refractivity (Wildman–Crippen MR) is 116 cm³/mol. The third kappa shape index (κ3) is 13.6. The maximum atomic E-state index is 11.6. The minimum absolute atomic E-state index is 0.153. The van der Waals surface area contributed by atoms with E-state index in [4.69, 9.17) is 14.2 Å². The molecule has 29 heavy (non-hydrogen) atoms. The summed E-state index contributed by atoms with van der Waals surface area (Å²) < 4.78 is 15.4. The zero-order chi connectivity index (χ0) is 21.7. The van der Waals surface area contributed by atoms with E-state index in [1.165, 1.54) is 0 Å². The van der Waals surface area contributed by atoms with Crippen molar-refractivity contribution in [2.45, 2.75) is 13.8 Å². The summed E-state index contributed by atoms with van der Waals surface area (Å²) in [6.45, 7) is 11.3. The zero-order valence-electron chi connectivity index (χ0n) is 17.2. The number of hydrogen-bond donors (Lipinski definition) is 0. The van der Waals surface area contributed by atoms with Gasteiger partial charge in [-0.05, 0) is 38.1 Å². The fourth-order valence-corrected chi connectivity index (χ4v) is 1.80. The van der Waals surface area contributed by atoms with Crippen molar-refractivity contribution in [3.8, 4) is 0 Å². The molecule has 0 aliphatic heterocycles. The molecule has 0 N–H and O–H groups in total. The minimum atomic E-state index is -0.385. The molecule has 2 aromatic carbocycles. The Kier molecular flexibility index (Phi) is 16.2. The van der Waals surface area contributed by atoms with Gasteiger partial charge in [-0.3, -0.25) is 0 Å². The minimum Gasteiger partial charge on any atom is -0.460 e. The molecule has 156 valence electrons. The molecule has 0 radical (unpaired) electrons. The van der Waals surface area contributed by atoms with Crippen LogP contribution >= 0.6 is 0 Å². The maximum absolute atomic E-state index is 11.6. The second kappa shape index (κ2) is 18.2. The molecule has 0 heterocycles. The highest BCUT2D eigenvalue weighted by molar-refractivity contribution is 5.89. The SMILES string of the molecule is C=CC.C=CC.O=C(OCCOCCOC(=O)c1ccccc1)c1ccccc1. The third-order valence-corrected chi connectivity index (χ3v) is 2.94. The molecule has 0 bridgehead atoms. The highest BCUT2D eigenvalue weighted by Gasteiger charge is 2.06. The molecule has 0 saturated carbocycles. The fraction of sp³-hybridized carbons (Fsp3) is 0.250. The van der Waals surface area contributed by atoms with Crippen molar-refractivity contribution in [1.82, 2.24) is 0 Å². The van der Waals surface area contributed by atoms with E-state index in [0.29, 0.717) is 11.1 Å². The molecule has 5 heteroatoms. The fourth-order valence-electron chi connectivity index (χ4n) is 1.80. The third-order valence-electron chi connectivity index (χ3n) is 2.94. The molecule has 0 aliphatic rings. The number of hydrogen-bond acceptors (Lipinski definition) is 5. The number of allylic oxidation sites excluding steroid dienone is 2. The van der Waals surface area contributed by atoms with Gasteiger partial charge < -0.3 is 14.2 Å². The van der Waals surface area contributed by atoms with Crippen LogP contribution in [0.3, 0.4) is 0 Å². The second-order valence-electron chi connectivity index (χ2n) is 5.43. The lowest BCUT2D eigenvalue weighted by atomic mass is 10.2. The average molecular weight is 398 g/mol. The molecule has 0 fully saturated rings. The second-order valence-corrected chi connectivity index (χ2v) is 5.43. The number of rotatable bonds is 8. The van der Waals surface area contributed by atoms with E-state index in [9.17, 15) is 9.59 Å². The summed E-state index contributed by atoms with van der Waals surface area (Å²) >= 11 is 0. The molecule has 5 nitrogen and oxygen atoms in total. The molecular formula is C24H30O5. The lowest BCUT2D eigenvalue weighted by Gasteiger charge is -2.07. The Bertz CT molecular complexity index is 634. The van der Waals surface area contributed by atoms with Gasteiger partial charge in [0.15, 0.2) is 0 Å². The van der Waals surface area contributed by atoms with Crippen molar-refractivity contribution in [3.05, 3.63) is 97.1 Å². The molecule has 0 aliphatic carbocycles. The van der Waals surface area contributed by atoms with Gasteiger partial charge in [0.05, 0.1) is 24.3 Å². The average Bonchev–Trinajstić information content (AvgIpc) is 2.75. The van der Waals surface area contributed by atoms with Gasteiger partial charge in [-0.1, -0.05) is 48.6 Å². The summed E-state index contributed by atoms with van der Waals surface area (Å²) in [6, 6.07) is 17.5. The summed E-state index contributed by atoms with van der Waals surface area (Å²) in [5.41, 5.74) is 1.01. The molecule has 0 amide bonds. The van der Waals surface area contributed by atoms with Crippen molar-refractivity contribution >= 4 is 11.9 Å². The molecule has 0 saturated heterocycles. The van der Waals surface area contributed by atoms with Gasteiger partial charge in [0.1, 0.15) is 13.2 Å². The molecule has 0 atom stereocenters. The van der Waals surface area contributed by atoms with Crippen LogP contribution in [0.1, 0.15) is 34.6 Å². The van der Waals surface area contributed by atoms with E-state index in [1.807, 2.05) is 26.0 Å². The molecule has 0 aromatic heterocycles. The molecule has 0 unspecified atom stereocenters. The first-order valence-corrected chi connectivity index (χ1v) is 9.26. The van der Waals surface area contributed by atoms with Crippen LogP contribution < -0.4 is 0 Å². The highest BCUT2D eigenvalue weighted by atomic mass is 16.6. The maximum Gasteiger partial charge on any atom is 0.338 e. The topological polar surface area (TPSA) is 61.8 Å². The number of carbonyl (C=O) groups is 2. The van der Waals surface area contributed by atoms with Crippen LogP contribution in [0, 0.1) is 0 Å². The normalized spacial score (nSPS) is 8.90. The largest absolute Gasteiger partial charge is 0.460 e. The van der Waals surface area contributed by atoms with Crippen molar-refractivity contribution in [1.29, 1.82) is 0 Å². The van der Waals surface area contributed by atoms with Gasteiger partial charge in [-0.15, -0.1) is 13.2 Å². The van der Waals surface area contributed by atoms with E-state index in [-0.39, 0.29) is 38.4 Å². The van der Waals surface area contributed by atoms with Crippen LogP contribution in [0.15, 0.2) is 86.0 Å². The van der Waals surface area contributed by atoms with Crippen LogP contribution in [0.25, 0.3) is 0 Å². The predicted octanol–water partition coefficient (Wildman–Crippen LogP) is 5.10. The van der Waals surface area contributed by atoms with Crippen LogP contribution in [0.2, 0.25) is 0 Å². The highest BCUT2D eigenvalue weighted by Crippen LogP contribution is 2.02. The Labute approximate surface area is 173 Å². The monoisotopic (exact) mass is 398 g/mol. The summed E-state index contributed by atoms with van der Waals surface area (Å²) in [5.74, 6) is -0.769. The first kappa shape index (κ1) is 25.8. The van der Waals surface area contributed by atoms with E-state index in [2.05, 4.69) is 13.2 Å². The molecule has 2 aromatic rings. The Morgan fingerprint density at radius 3 is 1.31 bits per heavy atom. The van der Waals surface area contributed by atoms with Crippen molar-refractivity contribution < 1.29 is 23.8 Å². The Hall–Kier alpha value is -3.18. The van der Waals surface area contributed by atoms with Gasteiger partial charge in [0.25, 0.3) is 0 Å². The van der Waals surface area contributed by atoms with Crippen molar-refractivity contribution in [2.75, 3.05) is 26.4 Å². The van der Waals surface area contributed by atoms with Gasteiger partial charge >= 0.3 is 11.9 Å². The van der Waals surface area contributed by atoms with Gasteiger partial charge in [0.2, 0.25) is 0 Å². The van der Waals surface area contributed by atoms with Crippen LogP contribution in [-0.2, 0) is 14.2 Å². The summed E-state index contributed by atoms with van der Waals surface area (Å²) in [4.78, 5) is 23.3. The summed E-state index contributed by atoms with van der Waals surface area (Å²) in [5, 5.41) is 0. The quantitative estimate of drug-likeness (QED) is 0.352. The lowest BCUT2D eigenvalue weighted by Crippen LogP contribution is -2.14. The Balaban J connectivity index is 0.00000116.